The van der Waals surface area contributed by atoms with E-state index in [-0.39, 0.29) is 0 Å². The molecule has 52 heavy (non-hydrogen) atoms. The van der Waals surface area contributed by atoms with E-state index in [0.29, 0.717) is 0 Å². The molecule has 0 aliphatic heterocycles. The molecule has 1 heterocycles. The van der Waals surface area contributed by atoms with Gasteiger partial charge in [-0.3, -0.25) is 0 Å². The fourth-order valence-corrected chi connectivity index (χ4v) is 7.78. The lowest BCUT2D eigenvalue weighted by molar-refractivity contribution is 0.669. The highest BCUT2D eigenvalue weighted by molar-refractivity contribution is 6.14. The number of anilines is 3. The molecule has 9 aromatic carbocycles. The summed E-state index contributed by atoms with van der Waals surface area (Å²) in [5.74, 6) is 0. The Morgan fingerprint density at radius 3 is 1.50 bits per heavy atom. The number of furan rings is 1. The van der Waals surface area contributed by atoms with E-state index in [2.05, 4.69) is 193 Å². The molecule has 0 amide bonds. The quantitative estimate of drug-likeness (QED) is 0.165. The van der Waals surface area contributed by atoms with Crippen molar-refractivity contribution >= 4 is 60.5 Å². The minimum atomic E-state index is 0.885. The summed E-state index contributed by atoms with van der Waals surface area (Å²) < 4.78 is 6.22. The molecule has 0 unspecified atom stereocenters. The van der Waals surface area contributed by atoms with Gasteiger partial charge in [0.1, 0.15) is 11.2 Å². The van der Waals surface area contributed by atoms with Gasteiger partial charge in [-0.05, 0) is 110 Å². The largest absolute Gasteiger partial charge is 0.456 e. The molecular weight excluding hydrogens is 631 g/mol. The predicted molar refractivity (Wildman–Crippen MR) is 220 cm³/mol. The lowest BCUT2D eigenvalue weighted by Gasteiger charge is -2.26. The maximum Gasteiger partial charge on any atom is 0.135 e. The summed E-state index contributed by atoms with van der Waals surface area (Å²) in [6, 6.07) is 71.7. The lowest BCUT2D eigenvalue weighted by Crippen LogP contribution is -2.09. The van der Waals surface area contributed by atoms with Crippen LogP contribution in [0, 0.1) is 0 Å². The molecule has 0 saturated carbocycles. The van der Waals surface area contributed by atoms with Crippen LogP contribution in [0.1, 0.15) is 0 Å². The van der Waals surface area contributed by atoms with Crippen LogP contribution in [-0.4, -0.2) is 0 Å². The number of rotatable bonds is 6. The second kappa shape index (κ2) is 12.5. The predicted octanol–water partition coefficient (Wildman–Crippen LogP) is 14.4. The number of nitrogens with zero attached hydrogens (tertiary/aromatic N) is 1. The van der Waals surface area contributed by atoms with Gasteiger partial charge in [-0.25, -0.2) is 0 Å². The molecule has 10 aromatic rings. The summed E-state index contributed by atoms with van der Waals surface area (Å²) in [5, 5.41) is 7.28. The van der Waals surface area contributed by atoms with Crippen LogP contribution in [0.3, 0.4) is 0 Å². The van der Waals surface area contributed by atoms with Gasteiger partial charge in [0.25, 0.3) is 0 Å². The summed E-state index contributed by atoms with van der Waals surface area (Å²) in [6.45, 7) is 0. The zero-order valence-electron chi connectivity index (χ0n) is 28.4. The topological polar surface area (TPSA) is 16.4 Å². The Morgan fingerprint density at radius 2 is 0.788 bits per heavy atom. The Hall–Kier alpha value is -6.90. The Kier molecular flexibility index (Phi) is 7.18. The molecule has 0 bridgehead atoms. The van der Waals surface area contributed by atoms with Crippen molar-refractivity contribution in [1.29, 1.82) is 0 Å². The maximum atomic E-state index is 6.22. The number of hydrogen-bond acceptors (Lipinski definition) is 2. The summed E-state index contributed by atoms with van der Waals surface area (Å²) >= 11 is 0. The Balaban J connectivity index is 1.10. The molecule has 10 rings (SSSR count). The normalized spacial score (nSPS) is 11.5. The van der Waals surface area contributed by atoms with Crippen molar-refractivity contribution in [3.05, 3.63) is 200 Å². The molecule has 0 atom stereocenters. The van der Waals surface area contributed by atoms with Crippen molar-refractivity contribution in [2.45, 2.75) is 0 Å². The van der Waals surface area contributed by atoms with E-state index in [4.69, 9.17) is 4.42 Å². The Labute approximate surface area is 302 Å². The monoisotopic (exact) mass is 663 g/mol. The van der Waals surface area contributed by atoms with Crippen molar-refractivity contribution in [2.24, 2.45) is 0 Å². The van der Waals surface area contributed by atoms with Crippen molar-refractivity contribution in [3.63, 3.8) is 0 Å². The van der Waals surface area contributed by atoms with Crippen molar-refractivity contribution in [2.75, 3.05) is 4.90 Å². The smallest absolute Gasteiger partial charge is 0.135 e. The van der Waals surface area contributed by atoms with Crippen LogP contribution in [0.5, 0.6) is 0 Å². The molecule has 2 heteroatoms. The van der Waals surface area contributed by atoms with Crippen LogP contribution in [0.4, 0.5) is 17.1 Å². The van der Waals surface area contributed by atoms with Gasteiger partial charge in [0.05, 0.1) is 0 Å². The van der Waals surface area contributed by atoms with Gasteiger partial charge in [-0.1, -0.05) is 146 Å². The molecule has 0 spiro atoms. The molecule has 244 valence electrons. The first-order valence-electron chi connectivity index (χ1n) is 17.8. The van der Waals surface area contributed by atoms with E-state index < -0.39 is 0 Å². The van der Waals surface area contributed by atoms with Gasteiger partial charge in [0, 0.05) is 27.8 Å². The number of hydrogen-bond donors (Lipinski definition) is 0. The fourth-order valence-electron chi connectivity index (χ4n) is 7.78. The summed E-state index contributed by atoms with van der Waals surface area (Å²) in [5.41, 5.74) is 12.3. The van der Waals surface area contributed by atoms with Gasteiger partial charge in [-0.15, -0.1) is 0 Å². The third-order valence-corrected chi connectivity index (χ3v) is 10.3. The minimum Gasteiger partial charge on any atom is -0.456 e. The van der Waals surface area contributed by atoms with Gasteiger partial charge >= 0.3 is 0 Å². The first-order valence-corrected chi connectivity index (χ1v) is 17.8. The zero-order valence-corrected chi connectivity index (χ0v) is 28.4. The van der Waals surface area contributed by atoms with Crippen LogP contribution in [0.25, 0.3) is 76.9 Å². The van der Waals surface area contributed by atoms with Crippen LogP contribution in [0.15, 0.2) is 205 Å². The Morgan fingerprint density at radius 1 is 0.288 bits per heavy atom. The SMILES string of the molecule is c1ccc(-c2ccccc2-c2ccc(N(c3ccc(-c4cc5ccccc5c5ccccc45)cc3)c3ccc4oc5ccccc5c4c3)cc2)cc1. The maximum absolute atomic E-state index is 6.22. The average molecular weight is 664 g/mol. The second-order valence-electron chi connectivity index (χ2n) is 13.3. The first kappa shape index (κ1) is 30.0. The van der Waals surface area contributed by atoms with Crippen molar-refractivity contribution in [1.82, 2.24) is 0 Å². The molecule has 1 aromatic heterocycles. The highest BCUT2D eigenvalue weighted by Crippen LogP contribution is 2.42. The summed E-state index contributed by atoms with van der Waals surface area (Å²) in [4.78, 5) is 2.34. The highest BCUT2D eigenvalue weighted by atomic mass is 16.3. The third-order valence-electron chi connectivity index (χ3n) is 10.3. The van der Waals surface area contributed by atoms with E-state index in [0.717, 1.165) is 39.0 Å². The summed E-state index contributed by atoms with van der Waals surface area (Å²) in [7, 11) is 0. The van der Waals surface area contributed by atoms with E-state index in [9.17, 15) is 0 Å². The molecular formula is C50H33NO. The molecule has 2 nitrogen and oxygen atoms in total. The van der Waals surface area contributed by atoms with Crippen molar-refractivity contribution < 1.29 is 4.42 Å². The van der Waals surface area contributed by atoms with E-state index in [1.54, 1.807) is 0 Å². The van der Waals surface area contributed by atoms with Gasteiger partial charge in [0.2, 0.25) is 0 Å². The summed E-state index contributed by atoms with van der Waals surface area (Å²) in [6.07, 6.45) is 0. The molecule has 0 fully saturated rings. The molecule has 0 aliphatic carbocycles. The van der Waals surface area contributed by atoms with E-state index >= 15 is 0 Å². The lowest BCUT2D eigenvalue weighted by atomic mass is 9.93. The van der Waals surface area contributed by atoms with Crippen LogP contribution < -0.4 is 4.90 Å². The fraction of sp³-hybridized carbons (Fsp3) is 0. The molecule has 0 N–H and O–H groups in total. The Bertz CT molecular complexity index is 2890. The van der Waals surface area contributed by atoms with E-state index in [1.165, 1.54) is 54.9 Å². The van der Waals surface area contributed by atoms with Crippen LogP contribution in [0.2, 0.25) is 0 Å². The highest BCUT2D eigenvalue weighted by Gasteiger charge is 2.17. The van der Waals surface area contributed by atoms with E-state index in [1.807, 2.05) is 12.1 Å². The standard InChI is InChI=1S/C50H33NO/c1-2-12-34(13-3-1)41-15-6-7-16-42(41)35-22-26-38(27-23-35)51(40-30-31-50-48(33-40)46-20-10-11-21-49(46)52-50)39-28-24-36(25-29-39)47-32-37-14-4-5-17-43(37)44-18-8-9-19-45(44)47/h1-33H. The molecule has 0 aliphatic rings. The third kappa shape index (κ3) is 5.12. The number of benzene rings is 9. The van der Waals surface area contributed by atoms with Crippen LogP contribution >= 0.6 is 0 Å². The number of fused-ring (bicyclic) bond motifs is 6. The molecule has 0 saturated heterocycles. The molecule has 0 radical (unpaired) electrons. The van der Waals surface area contributed by atoms with Gasteiger partial charge in [0.15, 0.2) is 0 Å². The zero-order chi connectivity index (χ0) is 34.4. The minimum absolute atomic E-state index is 0.885. The first-order chi connectivity index (χ1) is 25.8. The average Bonchev–Trinajstić information content (AvgIpc) is 3.60. The van der Waals surface area contributed by atoms with Gasteiger partial charge in [-0.2, -0.15) is 0 Å². The van der Waals surface area contributed by atoms with Crippen molar-refractivity contribution in [3.8, 4) is 33.4 Å². The number of para-hydroxylation sites is 1. The van der Waals surface area contributed by atoms with Gasteiger partial charge < -0.3 is 9.32 Å². The van der Waals surface area contributed by atoms with Crippen LogP contribution in [-0.2, 0) is 0 Å². The second-order valence-corrected chi connectivity index (χ2v) is 13.3.